The summed E-state index contributed by atoms with van der Waals surface area (Å²) in [4.78, 5) is 12.7. The molecular weight excluding hydrogens is 356 g/mol. The molecule has 0 bridgehead atoms. The zero-order valence-electron chi connectivity index (χ0n) is 15.2. The largest absolute Gasteiger partial charge is 0.375 e. The maximum Gasteiger partial charge on any atom is 0.106 e. The number of hydrogen-bond donors (Lipinski definition) is 1. The van der Waals surface area contributed by atoms with E-state index in [1.54, 1.807) is 0 Å². The Morgan fingerprint density at radius 1 is 1.27 bits per heavy atom. The van der Waals surface area contributed by atoms with Gasteiger partial charge in [-0.1, -0.05) is 34.9 Å². The van der Waals surface area contributed by atoms with E-state index in [0.717, 1.165) is 28.1 Å². The second-order valence-electron chi connectivity index (χ2n) is 5.83. The van der Waals surface area contributed by atoms with Crippen molar-refractivity contribution >= 4 is 11.6 Å². The minimum absolute atomic E-state index is 0.0316. The summed E-state index contributed by atoms with van der Waals surface area (Å²) in [6.07, 6.45) is 0. The molecule has 1 atom stereocenters. The van der Waals surface area contributed by atoms with Gasteiger partial charge in [-0.25, -0.2) is 9.78 Å². The van der Waals surface area contributed by atoms with Gasteiger partial charge in [0.05, 0.1) is 20.3 Å². The molecule has 1 aliphatic heterocycles. The fraction of sp³-hybridized carbons (Fsp3) is 0.444. The molecule has 7 nitrogen and oxygen atoms in total. The third-order valence-corrected chi connectivity index (χ3v) is 4.62. The lowest BCUT2D eigenvalue weighted by molar-refractivity contribution is -0.265. The molecule has 0 saturated carbocycles. The summed E-state index contributed by atoms with van der Waals surface area (Å²) >= 11 is 6.46. The Bertz CT molecular complexity index is 742. The molecule has 1 heterocycles. The van der Waals surface area contributed by atoms with Crippen molar-refractivity contribution in [3.63, 3.8) is 0 Å². The molecule has 1 aromatic rings. The van der Waals surface area contributed by atoms with Gasteiger partial charge in [-0.05, 0) is 42.2 Å². The molecule has 0 spiro atoms. The molecule has 1 aromatic carbocycles. The van der Waals surface area contributed by atoms with Crippen molar-refractivity contribution in [1.82, 2.24) is 5.32 Å². The molecule has 26 heavy (non-hydrogen) atoms. The van der Waals surface area contributed by atoms with E-state index >= 15 is 0 Å². The Labute approximate surface area is 158 Å². The number of halogens is 1. The quantitative estimate of drug-likeness (QED) is 0.171. The monoisotopic (exact) mass is 378 g/mol. The number of nitrogens with zero attached hydrogens (tertiary/aromatic N) is 3. The van der Waals surface area contributed by atoms with Crippen LogP contribution in [0, 0.1) is 0 Å². The first-order valence-corrected chi connectivity index (χ1v) is 8.62. The molecule has 0 aliphatic carbocycles. The first-order chi connectivity index (χ1) is 12.6. The van der Waals surface area contributed by atoms with Crippen molar-refractivity contribution in [3.05, 3.63) is 67.8 Å². The second kappa shape index (κ2) is 10.2. The number of nitrogens with one attached hydrogen (secondary N) is 1. The van der Waals surface area contributed by atoms with Gasteiger partial charge in [0.25, 0.3) is 0 Å². The van der Waals surface area contributed by atoms with Crippen LogP contribution in [0.15, 0.2) is 51.9 Å². The van der Waals surface area contributed by atoms with E-state index < -0.39 is 0 Å². The van der Waals surface area contributed by atoms with Crippen LogP contribution >= 0.6 is 11.6 Å². The van der Waals surface area contributed by atoms with Crippen molar-refractivity contribution in [2.24, 2.45) is 5.11 Å². The van der Waals surface area contributed by atoms with Gasteiger partial charge < -0.3 is 10.1 Å². The number of rotatable bonds is 9. The van der Waals surface area contributed by atoms with E-state index in [1.807, 2.05) is 38.1 Å². The Hall–Kier alpha value is -2.02. The van der Waals surface area contributed by atoms with Gasteiger partial charge in [-0.3, -0.25) is 0 Å². The maximum absolute atomic E-state index is 8.32. The lowest BCUT2D eigenvalue weighted by Gasteiger charge is -2.32. The number of dihydropyridines is 1. The number of azide groups is 1. The predicted molar refractivity (Wildman–Crippen MR) is 101 cm³/mol. The Morgan fingerprint density at radius 3 is 2.73 bits per heavy atom. The summed E-state index contributed by atoms with van der Waals surface area (Å²) in [6.45, 7) is 5.42. The number of ether oxygens (including phenoxy) is 1. The molecule has 0 radical (unpaired) electrons. The molecule has 1 N–H and O–H groups in total. The molecule has 0 amide bonds. The van der Waals surface area contributed by atoms with E-state index in [2.05, 4.69) is 15.3 Å². The highest BCUT2D eigenvalue weighted by Crippen LogP contribution is 2.40. The van der Waals surface area contributed by atoms with Crippen molar-refractivity contribution in [2.45, 2.75) is 19.8 Å². The summed E-state index contributed by atoms with van der Waals surface area (Å²) in [5.74, 6) is -0.0316. The van der Waals surface area contributed by atoms with Gasteiger partial charge in [0.15, 0.2) is 0 Å². The Balaban J connectivity index is 2.30. The standard InChI is InChI=1S/C18H23ClN4O3/c1-12-17(11-25-9-8-21-23-20)22-13(2)15(10-26-24-3)18(12)14-6-4-5-7-16(14)19/h4-7,18,22H,8-11H2,1-3H3/t18-/m1/s1. The van der Waals surface area contributed by atoms with Gasteiger partial charge >= 0.3 is 0 Å². The summed E-state index contributed by atoms with van der Waals surface area (Å²) in [6, 6.07) is 7.78. The normalized spacial score (nSPS) is 17.2. The van der Waals surface area contributed by atoms with Gasteiger partial charge in [0.1, 0.15) is 6.61 Å². The van der Waals surface area contributed by atoms with Gasteiger partial charge in [-0.15, -0.1) is 0 Å². The van der Waals surface area contributed by atoms with Crippen LogP contribution in [0.4, 0.5) is 0 Å². The summed E-state index contributed by atoms with van der Waals surface area (Å²) < 4.78 is 5.63. The highest BCUT2D eigenvalue weighted by atomic mass is 35.5. The molecule has 0 saturated heterocycles. The van der Waals surface area contributed by atoms with Gasteiger partial charge in [-0.2, -0.15) is 0 Å². The first-order valence-electron chi connectivity index (χ1n) is 8.25. The molecule has 0 fully saturated rings. The van der Waals surface area contributed by atoms with Crippen LogP contribution in [-0.4, -0.2) is 33.5 Å². The topological polar surface area (TPSA) is 88.5 Å². The van der Waals surface area contributed by atoms with Crippen molar-refractivity contribution in [3.8, 4) is 0 Å². The molecule has 0 unspecified atom stereocenters. The lowest BCUT2D eigenvalue weighted by Crippen LogP contribution is -2.29. The van der Waals surface area contributed by atoms with Crippen LogP contribution in [0.5, 0.6) is 0 Å². The highest BCUT2D eigenvalue weighted by Gasteiger charge is 2.29. The van der Waals surface area contributed by atoms with Crippen molar-refractivity contribution in [2.75, 3.05) is 33.5 Å². The molecule has 2 rings (SSSR count). The van der Waals surface area contributed by atoms with E-state index in [9.17, 15) is 0 Å². The average molecular weight is 379 g/mol. The number of allylic oxidation sites excluding steroid dienone is 2. The van der Waals surface area contributed by atoms with Crippen LogP contribution in [-0.2, 0) is 14.5 Å². The summed E-state index contributed by atoms with van der Waals surface area (Å²) in [5.41, 5.74) is 13.4. The Morgan fingerprint density at radius 2 is 2.04 bits per heavy atom. The molecule has 1 aliphatic rings. The third kappa shape index (κ3) is 5.00. The smallest absolute Gasteiger partial charge is 0.106 e. The fourth-order valence-corrected chi connectivity index (χ4v) is 3.22. The van der Waals surface area contributed by atoms with Crippen LogP contribution in [0.25, 0.3) is 10.4 Å². The zero-order chi connectivity index (χ0) is 18.9. The van der Waals surface area contributed by atoms with Crippen LogP contribution in [0.1, 0.15) is 25.3 Å². The van der Waals surface area contributed by atoms with E-state index in [4.69, 9.17) is 31.6 Å². The second-order valence-corrected chi connectivity index (χ2v) is 6.23. The van der Waals surface area contributed by atoms with Crippen molar-refractivity contribution < 1.29 is 14.5 Å². The van der Waals surface area contributed by atoms with Crippen LogP contribution in [0.2, 0.25) is 5.02 Å². The first kappa shape index (κ1) is 20.3. The summed E-state index contributed by atoms with van der Waals surface area (Å²) in [7, 11) is 1.49. The van der Waals surface area contributed by atoms with Gasteiger partial charge in [0, 0.05) is 33.8 Å². The molecule has 8 heteroatoms. The van der Waals surface area contributed by atoms with E-state index in [0.29, 0.717) is 31.4 Å². The molecular formula is C18H23ClN4O3. The van der Waals surface area contributed by atoms with Crippen molar-refractivity contribution in [1.29, 1.82) is 0 Å². The third-order valence-electron chi connectivity index (χ3n) is 4.27. The average Bonchev–Trinajstić information content (AvgIpc) is 2.63. The fourth-order valence-electron chi connectivity index (χ4n) is 2.98. The SMILES string of the molecule is COOCC1=C(C)NC(COCCN=[N+]=[N-])=C(C)[C@@H]1c1ccccc1Cl. The number of hydrogen-bond acceptors (Lipinski definition) is 5. The molecule has 140 valence electrons. The minimum atomic E-state index is -0.0316. The van der Waals surface area contributed by atoms with Crippen LogP contribution in [0.3, 0.4) is 0 Å². The lowest BCUT2D eigenvalue weighted by atomic mass is 9.81. The Kier molecular flexibility index (Phi) is 7.97. The minimum Gasteiger partial charge on any atom is -0.375 e. The zero-order valence-corrected chi connectivity index (χ0v) is 15.9. The summed E-state index contributed by atoms with van der Waals surface area (Å²) in [5, 5.41) is 7.56. The molecule has 0 aromatic heterocycles. The van der Waals surface area contributed by atoms with E-state index in [1.165, 1.54) is 7.11 Å². The predicted octanol–water partition coefficient (Wildman–Crippen LogP) is 4.48. The highest BCUT2D eigenvalue weighted by molar-refractivity contribution is 6.31. The number of benzene rings is 1. The van der Waals surface area contributed by atoms with E-state index in [-0.39, 0.29) is 5.92 Å². The van der Waals surface area contributed by atoms with Gasteiger partial charge in [0.2, 0.25) is 0 Å². The maximum atomic E-state index is 8.32. The van der Waals surface area contributed by atoms with Crippen LogP contribution < -0.4 is 5.32 Å².